The molecule has 0 saturated heterocycles. The molecule has 0 atom stereocenters. The highest BCUT2D eigenvalue weighted by atomic mass is 19.1. The molecule has 0 bridgehead atoms. The predicted octanol–water partition coefficient (Wildman–Crippen LogP) is 5.52. The fraction of sp³-hybridized carbons (Fsp3) is 0.125. The number of halogens is 2. The van der Waals surface area contributed by atoms with E-state index in [1.165, 1.54) is 6.08 Å². The average Bonchev–Trinajstić information content (AvgIpc) is 3.06. The zero-order valence-electron chi connectivity index (χ0n) is 15.6. The van der Waals surface area contributed by atoms with Crippen LogP contribution in [-0.4, -0.2) is 19.2 Å². The molecule has 4 rings (SSSR count). The van der Waals surface area contributed by atoms with E-state index >= 15 is 0 Å². The van der Waals surface area contributed by atoms with Crippen LogP contribution in [0.25, 0.3) is 17.2 Å². The first kappa shape index (κ1) is 18.9. The number of ether oxygens (including phenoxy) is 1. The summed E-state index contributed by atoms with van der Waals surface area (Å²) in [5, 5.41) is 2.59. The van der Waals surface area contributed by atoms with E-state index in [9.17, 15) is 13.6 Å². The summed E-state index contributed by atoms with van der Waals surface area (Å²) in [6, 6.07) is 19.4. The van der Waals surface area contributed by atoms with Gasteiger partial charge in [-0.25, -0.2) is 13.6 Å². The minimum Gasteiger partial charge on any atom is -0.449 e. The standard InChI is InChI=1S/C24H19F2NO2/c25-17-11-12-23(26)16(14-17)6-5-13-27-24(28)29-15-22-20-9-3-1-7-18(20)19-8-2-4-10-21(19)22/h1-12,14,22H,13,15H2,(H,27,28). The highest BCUT2D eigenvalue weighted by Gasteiger charge is 2.28. The number of nitrogens with one attached hydrogen (secondary N) is 1. The molecule has 1 N–H and O–H groups in total. The first-order chi connectivity index (χ1) is 14.1. The van der Waals surface area contributed by atoms with Gasteiger partial charge in [0.05, 0.1) is 0 Å². The molecule has 0 unspecified atom stereocenters. The van der Waals surface area contributed by atoms with E-state index in [-0.39, 0.29) is 24.6 Å². The Balaban J connectivity index is 1.34. The largest absolute Gasteiger partial charge is 0.449 e. The van der Waals surface area contributed by atoms with Gasteiger partial charge in [0.15, 0.2) is 0 Å². The first-order valence-corrected chi connectivity index (χ1v) is 9.34. The lowest BCUT2D eigenvalue weighted by Gasteiger charge is -2.14. The number of alkyl carbamates (subject to hydrolysis) is 1. The summed E-state index contributed by atoms with van der Waals surface area (Å²) in [6.45, 7) is 0.370. The van der Waals surface area contributed by atoms with E-state index in [1.807, 2.05) is 24.3 Å². The molecular formula is C24H19F2NO2. The Morgan fingerprint density at radius 3 is 2.31 bits per heavy atom. The van der Waals surface area contributed by atoms with Crippen molar-refractivity contribution in [2.24, 2.45) is 0 Å². The van der Waals surface area contributed by atoms with E-state index in [1.54, 1.807) is 6.08 Å². The van der Waals surface area contributed by atoms with Gasteiger partial charge < -0.3 is 10.1 Å². The number of amides is 1. The highest BCUT2D eigenvalue weighted by Crippen LogP contribution is 2.44. The van der Waals surface area contributed by atoms with Crippen molar-refractivity contribution >= 4 is 12.2 Å². The van der Waals surface area contributed by atoms with E-state index in [2.05, 4.69) is 29.6 Å². The number of rotatable bonds is 5. The summed E-state index contributed by atoms with van der Waals surface area (Å²) >= 11 is 0. The molecule has 1 amide bonds. The predicted molar refractivity (Wildman–Crippen MR) is 108 cm³/mol. The van der Waals surface area contributed by atoms with Crippen molar-refractivity contribution < 1.29 is 18.3 Å². The van der Waals surface area contributed by atoms with Gasteiger partial charge in [-0.15, -0.1) is 0 Å². The van der Waals surface area contributed by atoms with Gasteiger partial charge in [0.25, 0.3) is 0 Å². The Hall–Kier alpha value is -3.47. The molecule has 1 aliphatic rings. The molecule has 0 saturated carbocycles. The topological polar surface area (TPSA) is 38.3 Å². The molecule has 0 fully saturated rings. The molecule has 3 aromatic carbocycles. The Morgan fingerprint density at radius 1 is 0.966 bits per heavy atom. The molecule has 0 spiro atoms. The van der Waals surface area contributed by atoms with Gasteiger partial charge in [-0.2, -0.15) is 0 Å². The lowest BCUT2D eigenvalue weighted by molar-refractivity contribution is 0.144. The van der Waals surface area contributed by atoms with Gasteiger partial charge in [0, 0.05) is 18.0 Å². The Bertz CT molecular complexity index is 1030. The number of hydrogen-bond donors (Lipinski definition) is 1. The molecule has 146 valence electrons. The second kappa shape index (κ2) is 8.27. The Morgan fingerprint density at radius 2 is 1.62 bits per heavy atom. The molecule has 0 radical (unpaired) electrons. The molecule has 0 heterocycles. The lowest BCUT2D eigenvalue weighted by Crippen LogP contribution is -2.26. The number of hydrogen-bond acceptors (Lipinski definition) is 2. The third-order valence-corrected chi connectivity index (χ3v) is 4.96. The molecular weight excluding hydrogens is 372 g/mol. The van der Waals surface area contributed by atoms with Crippen LogP contribution in [0.2, 0.25) is 0 Å². The van der Waals surface area contributed by atoms with Gasteiger partial charge >= 0.3 is 6.09 Å². The number of fused-ring (bicyclic) bond motifs is 3. The van der Waals surface area contributed by atoms with Gasteiger partial charge in [-0.05, 0) is 40.5 Å². The summed E-state index contributed by atoms with van der Waals surface area (Å²) in [4.78, 5) is 12.1. The van der Waals surface area contributed by atoms with Crippen LogP contribution in [-0.2, 0) is 4.74 Å². The monoisotopic (exact) mass is 391 g/mol. The summed E-state index contributed by atoms with van der Waals surface area (Å²) < 4.78 is 32.1. The molecule has 1 aliphatic carbocycles. The Labute approximate surface area is 167 Å². The summed E-state index contributed by atoms with van der Waals surface area (Å²) in [7, 11) is 0. The maximum atomic E-state index is 13.6. The molecule has 29 heavy (non-hydrogen) atoms. The van der Waals surface area contributed by atoms with Crippen LogP contribution in [0.4, 0.5) is 13.6 Å². The lowest BCUT2D eigenvalue weighted by atomic mass is 9.98. The zero-order valence-corrected chi connectivity index (χ0v) is 15.6. The minimum atomic E-state index is -0.559. The maximum absolute atomic E-state index is 13.6. The van der Waals surface area contributed by atoms with Crippen LogP contribution >= 0.6 is 0 Å². The van der Waals surface area contributed by atoms with E-state index in [4.69, 9.17) is 4.74 Å². The third kappa shape index (κ3) is 4.04. The summed E-state index contributed by atoms with van der Waals surface area (Å²) in [5.74, 6) is -1.05. The number of carbonyl (C=O) groups excluding carboxylic acids is 1. The summed E-state index contributed by atoms with van der Waals surface area (Å²) in [5.41, 5.74) is 4.74. The van der Waals surface area contributed by atoms with Crippen molar-refractivity contribution in [2.75, 3.05) is 13.2 Å². The van der Waals surface area contributed by atoms with Crippen molar-refractivity contribution in [1.29, 1.82) is 0 Å². The van der Waals surface area contributed by atoms with E-state index in [0.717, 1.165) is 40.5 Å². The fourth-order valence-corrected chi connectivity index (χ4v) is 3.62. The fourth-order valence-electron chi connectivity index (χ4n) is 3.62. The van der Waals surface area contributed by atoms with Crippen LogP contribution < -0.4 is 5.32 Å². The maximum Gasteiger partial charge on any atom is 0.407 e. The quantitative estimate of drug-likeness (QED) is 0.622. The summed E-state index contributed by atoms with van der Waals surface area (Å²) in [6.07, 6.45) is 2.40. The van der Waals surface area contributed by atoms with Crippen LogP contribution in [0.15, 0.2) is 72.8 Å². The van der Waals surface area contributed by atoms with Crippen molar-refractivity contribution in [3.63, 3.8) is 0 Å². The highest BCUT2D eigenvalue weighted by molar-refractivity contribution is 5.79. The van der Waals surface area contributed by atoms with Crippen molar-refractivity contribution in [3.05, 3.63) is 101 Å². The normalized spacial score (nSPS) is 12.6. The van der Waals surface area contributed by atoms with Crippen molar-refractivity contribution in [3.8, 4) is 11.1 Å². The molecule has 3 nitrogen and oxygen atoms in total. The van der Waals surface area contributed by atoms with E-state index in [0.29, 0.717) is 0 Å². The van der Waals surface area contributed by atoms with Crippen molar-refractivity contribution in [1.82, 2.24) is 5.32 Å². The molecule has 3 aromatic rings. The van der Waals surface area contributed by atoms with Crippen LogP contribution in [0, 0.1) is 11.6 Å². The molecule has 0 aromatic heterocycles. The van der Waals surface area contributed by atoms with Crippen molar-refractivity contribution in [2.45, 2.75) is 5.92 Å². The van der Waals surface area contributed by atoms with Crippen LogP contribution in [0.3, 0.4) is 0 Å². The SMILES string of the molecule is O=C(NCC=Cc1cc(F)ccc1F)OCC1c2ccccc2-c2ccccc21. The zero-order chi connectivity index (χ0) is 20.2. The average molecular weight is 391 g/mol. The van der Waals surface area contributed by atoms with Crippen LogP contribution in [0.5, 0.6) is 0 Å². The van der Waals surface area contributed by atoms with Gasteiger partial charge in [0.2, 0.25) is 0 Å². The second-order valence-corrected chi connectivity index (χ2v) is 6.77. The number of carbonyl (C=O) groups is 1. The third-order valence-electron chi connectivity index (χ3n) is 4.96. The van der Waals surface area contributed by atoms with Gasteiger partial charge in [0.1, 0.15) is 18.2 Å². The minimum absolute atomic E-state index is 0.00918. The van der Waals surface area contributed by atoms with Gasteiger partial charge in [-0.1, -0.05) is 60.7 Å². The number of benzene rings is 3. The molecule has 0 aliphatic heterocycles. The van der Waals surface area contributed by atoms with Crippen LogP contribution in [0.1, 0.15) is 22.6 Å². The Kier molecular flexibility index (Phi) is 5.38. The smallest absolute Gasteiger partial charge is 0.407 e. The first-order valence-electron chi connectivity index (χ1n) is 9.34. The second-order valence-electron chi connectivity index (χ2n) is 6.77. The molecule has 5 heteroatoms. The van der Waals surface area contributed by atoms with Gasteiger partial charge in [-0.3, -0.25) is 0 Å². The van der Waals surface area contributed by atoms with E-state index < -0.39 is 17.7 Å².